The number of piperidine rings is 1. The molecule has 2 aliphatic rings. The number of aryl methyl sites for hydroxylation is 2. The predicted molar refractivity (Wildman–Crippen MR) is 80.2 cm³/mol. The second kappa shape index (κ2) is 6.06. The summed E-state index contributed by atoms with van der Waals surface area (Å²) >= 11 is 0. The van der Waals surface area contributed by atoms with Crippen molar-refractivity contribution in [1.29, 1.82) is 0 Å². The van der Waals surface area contributed by atoms with E-state index in [4.69, 9.17) is 5.73 Å². The van der Waals surface area contributed by atoms with Crippen LogP contribution in [0.3, 0.4) is 0 Å². The second-order valence-electron chi connectivity index (χ2n) is 6.29. The van der Waals surface area contributed by atoms with Crippen LogP contribution in [-0.4, -0.2) is 13.1 Å². The standard InChI is InChI=1S/C17H26N2/c18-17(10-13-4-3-9-19-12-13)16-8-7-14-5-1-2-6-15(14)11-16/h7-8,11,13,17,19H,1-6,9-10,12,18H2. The zero-order valence-electron chi connectivity index (χ0n) is 11.8. The summed E-state index contributed by atoms with van der Waals surface area (Å²) < 4.78 is 0. The molecule has 2 nitrogen and oxygen atoms in total. The summed E-state index contributed by atoms with van der Waals surface area (Å²) in [4.78, 5) is 0. The molecule has 0 spiro atoms. The summed E-state index contributed by atoms with van der Waals surface area (Å²) in [5.41, 5.74) is 10.9. The van der Waals surface area contributed by atoms with Gasteiger partial charge in [0.15, 0.2) is 0 Å². The van der Waals surface area contributed by atoms with E-state index >= 15 is 0 Å². The predicted octanol–water partition coefficient (Wildman–Crippen LogP) is 2.95. The van der Waals surface area contributed by atoms with Crippen molar-refractivity contribution < 1.29 is 0 Å². The quantitative estimate of drug-likeness (QED) is 0.875. The highest BCUT2D eigenvalue weighted by Crippen LogP contribution is 2.28. The molecule has 0 radical (unpaired) electrons. The fourth-order valence-electron chi connectivity index (χ4n) is 3.60. The van der Waals surface area contributed by atoms with Crippen molar-refractivity contribution in [3.05, 3.63) is 34.9 Å². The average Bonchev–Trinajstić information content (AvgIpc) is 2.48. The lowest BCUT2D eigenvalue weighted by Gasteiger charge is -2.26. The van der Waals surface area contributed by atoms with E-state index < -0.39 is 0 Å². The fourth-order valence-corrected chi connectivity index (χ4v) is 3.60. The lowest BCUT2D eigenvalue weighted by molar-refractivity contribution is 0.336. The molecule has 0 saturated carbocycles. The van der Waals surface area contributed by atoms with Crippen LogP contribution in [0.5, 0.6) is 0 Å². The fraction of sp³-hybridized carbons (Fsp3) is 0.647. The Bertz CT molecular complexity index is 421. The SMILES string of the molecule is NC(CC1CCCNC1)c1ccc2c(c1)CCCC2. The van der Waals surface area contributed by atoms with Crippen molar-refractivity contribution >= 4 is 0 Å². The molecule has 1 aliphatic carbocycles. The highest BCUT2D eigenvalue weighted by Gasteiger charge is 2.18. The van der Waals surface area contributed by atoms with E-state index in [9.17, 15) is 0 Å². The maximum Gasteiger partial charge on any atom is 0.0298 e. The number of nitrogens with two attached hydrogens (primary N) is 1. The summed E-state index contributed by atoms with van der Waals surface area (Å²) in [6, 6.07) is 7.20. The summed E-state index contributed by atoms with van der Waals surface area (Å²) in [7, 11) is 0. The van der Waals surface area contributed by atoms with Gasteiger partial charge in [0.25, 0.3) is 0 Å². The van der Waals surface area contributed by atoms with Crippen molar-refractivity contribution in [2.75, 3.05) is 13.1 Å². The highest BCUT2D eigenvalue weighted by molar-refractivity contribution is 5.35. The van der Waals surface area contributed by atoms with Crippen LogP contribution < -0.4 is 11.1 Å². The zero-order valence-corrected chi connectivity index (χ0v) is 11.8. The molecule has 3 N–H and O–H groups in total. The van der Waals surface area contributed by atoms with Crippen LogP contribution in [0.2, 0.25) is 0 Å². The van der Waals surface area contributed by atoms with Crippen LogP contribution in [0.4, 0.5) is 0 Å². The van der Waals surface area contributed by atoms with E-state index in [0.717, 1.165) is 18.9 Å². The van der Waals surface area contributed by atoms with Gasteiger partial charge in [0.05, 0.1) is 0 Å². The van der Waals surface area contributed by atoms with Gasteiger partial charge in [0.1, 0.15) is 0 Å². The molecule has 2 unspecified atom stereocenters. The van der Waals surface area contributed by atoms with Gasteiger partial charge >= 0.3 is 0 Å². The third-order valence-corrected chi connectivity index (χ3v) is 4.79. The summed E-state index contributed by atoms with van der Waals surface area (Å²) in [5, 5.41) is 3.49. The lowest BCUT2D eigenvalue weighted by atomic mass is 9.86. The van der Waals surface area contributed by atoms with E-state index in [1.165, 1.54) is 50.6 Å². The molecule has 0 amide bonds. The Balaban J connectivity index is 1.67. The van der Waals surface area contributed by atoms with Gasteiger partial charge in [-0.25, -0.2) is 0 Å². The molecule has 1 aliphatic heterocycles. The van der Waals surface area contributed by atoms with Gasteiger partial charge < -0.3 is 11.1 Å². The van der Waals surface area contributed by atoms with Crippen LogP contribution in [0.1, 0.15) is 54.8 Å². The number of rotatable bonds is 3. The Morgan fingerprint density at radius 1 is 1.16 bits per heavy atom. The van der Waals surface area contributed by atoms with Gasteiger partial charge in [-0.3, -0.25) is 0 Å². The summed E-state index contributed by atoms with van der Waals surface area (Å²) in [5.74, 6) is 0.764. The number of hydrogen-bond donors (Lipinski definition) is 2. The van der Waals surface area contributed by atoms with Gasteiger partial charge in [-0.05, 0) is 80.6 Å². The Kier molecular flexibility index (Phi) is 4.19. The molecule has 19 heavy (non-hydrogen) atoms. The molecule has 1 saturated heterocycles. The topological polar surface area (TPSA) is 38.0 Å². The lowest BCUT2D eigenvalue weighted by Crippen LogP contribution is -2.31. The first kappa shape index (κ1) is 13.1. The third kappa shape index (κ3) is 3.18. The van der Waals surface area contributed by atoms with Crippen LogP contribution in [0.15, 0.2) is 18.2 Å². The average molecular weight is 258 g/mol. The van der Waals surface area contributed by atoms with Gasteiger partial charge in [-0.15, -0.1) is 0 Å². The first-order valence-electron chi connectivity index (χ1n) is 7.91. The van der Waals surface area contributed by atoms with Crippen molar-refractivity contribution in [2.24, 2.45) is 11.7 Å². The number of hydrogen-bond acceptors (Lipinski definition) is 2. The largest absolute Gasteiger partial charge is 0.324 e. The van der Waals surface area contributed by atoms with Crippen LogP contribution in [-0.2, 0) is 12.8 Å². The Hall–Kier alpha value is -0.860. The monoisotopic (exact) mass is 258 g/mol. The molecule has 2 heteroatoms. The molecule has 0 bridgehead atoms. The van der Waals surface area contributed by atoms with Gasteiger partial charge in [-0.1, -0.05) is 18.2 Å². The molecule has 1 aromatic carbocycles. The maximum atomic E-state index is 6.43. The minimum atomic E-state index is 0.220. The zero-order chi connectivity index (χ0) is 13.1. The molecule has 2 atom stereocenters. The number of nitrogens with one attached hydrogen (secondary N) is 1. The molecular formula is C17H26N2. The number of benzene rings is 1. The normalized spacial score (nSPS) is 24.8. The van der Waals surface area contributed by atoms with Crippen LogP contribution in [0, 0.1) is 5.92 Å². The van der Waals surface area contributed by atoms with Crippen LogP contribution in [0.25, 0.3) is 0 Å². The van der Waals surface area contributed by atoms with Gasteiger partial charge in [0, 0.05) is 6.04 Å². The van der Waals surface area contributed by atoms with Crippen molar-refractivity contribution in [3.63, 3.8) is 0 Å². The molecular weight excluding hydrogens is 232 g/mol. The summed E-state index contributed by atoms with van der Waals surface area (Å²) in [6.07, 6.45) is 8.99. The molecule has 3 rings (SSSR count). The van der Waals surface area contributed by atoms with Crippen molar-refractivity contribution in [1.82, 2.24) is 5.32 Å². The smallest absolute Gasteiger partial charge is 0.0298 e. The highest BCUT2D eigenvalue weighted by atomic mass is 14.9. The van der Waals surface area contributed by atoms with E-state index in [1.54, 1.807) is 11.1 Å². The van der Waals surface area contributed by atoms with E-state index in [0.29, 0.717) is 0 Å². The van der Waals surface area contributed by atoms with E-state index in [2.05, 4.69) is 23.5 Å². The molecule has 1 fully saturated rings. The molecule has 1 heterocycles. The molecule has 104 valence electrons. The third-order valence-electron chi connectivity index (χ3n) is 4.79. The Morgan fingerprint density at radius 3 is 2.79 bits per heavy atom. The van der Waals surface area contributed by atoms with Gasteiger partial charge in [0.2, 0.25) is 0 Å². The van der Waals surface area contributed by atoms with Gasteiger partial charge in [-0.2, -0.15) is 0 Å². The van der Waals surface area contributed by atoms with Crippen molar-refractivity contribution in [2.45, 2.75) is 51.0 Å². The maximum absolute atomic E-state index is 6.43. The number of fused-ring (bicyclic) bond motifs is 1. The minimum Gasteiger partial charge on any atom is -0.324 e. The molecule has 0 aromatic heterocycles. The first-order valence-corrected chi connectivity index (χ1v) is 7.91. The second-order valence-corrected chi connectivity index (χ2v) is 6.29. The van der Waals surface area contributed by atoms with E-state index in [-0.39, 0.29) is 6.04 Å². The first-order chi connectivity index (χ1) is 9.33. The Morgan fingerprint density at radius 2 is 2.00 bits per heavy atom. The van der Waals surface area contributed by atoms with Crippen molar-refractivity contribution in [3.8, 4) is 0 Å². The summed E-state index contributed by atoms with van der Waals surface area (Å²) in [6.45, 7) is 2.34. The Labute approximate surface area is 116 Å². The van der Waals surface area contributed by atoms with E-state index in [1.807, 2.05) is 0 Å². The molecule has 1 aromatic rings. The minimum absolute atomic E-state index is 0.220. The van der Waals surface area contributed by atoms with Crippen LogP contribution >= 0.6 is 0 Å².